The molecule has 0 aromatic rings. The van der Waals surface area contributed by atoms with Gasteiger partial charge in [-0.1, -0.05) is 20.8 Å². The number of nitrogens with zero attached hydrogens (tertiary/aromatic N) is 2. The number of hydrogen-bond donors (Lipinski definition) is 0. The minimum absolute atomic E-state index is 0.0206. The maximum absolute atomic E-state index is 13.1. The van der Waals surface area contributed by atoms with Crippen LogP contribution in [0.4, 0.5) is 9.59 Å². The summed E-state index contributed by atoms with van der Waals surface area (Å²) in [5.74, 6) is 0.309. The highest BCUT2D eigenvalue weighted by Gasteiger charge is 2.47. The Morgan fingerprint density at radius 3 is 1.76 bits per heavy atom. The van der Waals surface area contributed by atoms with Crippen LogP contribution in [0.15, 0.2) is 0 Å². The zero-order chi connectivity index (χ0) is 25.4. The predicted molar refractivity (Wildman–Crippen MR) is 134 cm³/mol. The Hall–Kier alpha value is -1.28. The monoisotopic (exact) mass is 484 g/mol. The van der Waals surface area contributed by atoms with Crippen LogP contribution in [-0.4, -0.2) is 73.3 Å². The minimum Gasteiger partial charge on any atom is -0.444 e. The van der Waals surface area contributed by atoms with Gasteiger partial charge in [-0.3, -0.25) is 0 Å². The van der Waals surface area contributed by atoms with Crippen molar-refractivity contribution in [2.24, 2.45) is 5.92 Å². The van der Waals surface area contributed by atoms with E-state index in [9.17, 15) is 9.59 Å². The zero-order valence-corrected chi connectivity index (χ0v) is 23.9. The molecule has 0 aromatic heterocycles. The van der Waals surface area contributed by atoms with Crippen LogP contribution in [0.25, 0.3) is 0 Å². The molecule has 0 unspecified atom stereocenters. The van der Waals surface area contributed by atoms with Gasteiger partial charge in [0.15, 0.2) is 8.32 Å². The molecule has 2 heterocycles. The second-order valence-electron chi connectivity index (χ2n) is 13.2. The summed E-state index contributed by atoms with van der Waals surface area (Å²) in [7, 11) is -1.96. The summed E-state index contributed by atoms with van der Waals surface area (Å²) in [6.07, 6.45) is 2.01. The highest BCUT2D eigenvalue weighted by atomic mass is 28.4. The van der Waals surface area contributed by atoms with Gasteiger partial charge in [0.2, 0.25) is 0 Å². The van der Waals surface area contributed by atoms with Crippen LogP contribution in [-0.2, 0) is 13.9 Å². The van der Waals surface area contributed by atoms with Crippen LogP contribution in [0.3, 0.4) is 0 Å². The maximum Gasteiger partial charge on any atom is 0.410 e. The van der Waals surface area contributed by atoms with Crippen LogP contribution in [0.1, 0.15) is 81.6 Å². The molecule has 0 radical (unpaired) electrons. The van der Waals surface area contributed by atoms with Crippen molar-refractivity contribution in [2.45, 2.75) is 123 Å². The molecule has 192 valence electrons. The van der Waals surface area contributed by atoms with E-state index in [4.69, 9.17) is 13.9 Å². The van der Waals surface area contributed by atoms with E-state index in [0.717, 1.165) is 19.3 Å². The fourth-order valence-corrected chi connectivity index (χ4v) is 5.63. The van der Waals surface area contributed by atoms with Gasteiger partial charge in [0.25, 0.3) is 0 Å². The first-order valence-electron chi connectivity index (χ1n) is 12.4. The van der Waals surface area contributed by atoms with Gasteiger partial charge in [-0.05, 0) is 84.9 Å². The molecule has 2 rings (SSSR count). The van der Waals surface area contributed by atoms with Crippen LogP contribution in [0.5, 0.6) is 0 Å². The van der Waals surface area contributed by atoms with E-state index in [-0.39, 0.29) is 29.4 Å². The molecule has 0 bridgehead atoms. The maximum atomic E-state index is 13.1. The first-order valence-corrected chi connectivity index (χ1v) is 15.4. The highest BCUT2D eigenvalue weighted by Crippen LogP contribution is 2.40. The number of ether oxygens (including phenoxy) is 2. The number of carbonyl (C=O) groups excluding carboxylic acids is 2. The third kappa shape index (κ3) is 7.87. The lowest BCUT2D eigenvalue weighted by Crippen LogP contribution is -2.48. The number of amides is 2. The molecule has 33 heavy (non-hydrogen) atoms. The Bertz CT molecular complexity index is 697. The average molecular weight is 485 g/mol. The SMILES string of the molecule is CC(C)(C)OC(=O)N1CCC([C@@H]2C[C@@H](O[Si](C)(C)C(C)(C)C)CN2C(=O)OC(C)(C)C)CC1. The Morgan fingerprint density at radius 2 is 1.30 bits per heavy atom. The van der Waals surface area contributed by atoms with Crippen molar-refractivity contribution in [1.82, 2.24) is 9.80 Å². The summed E-state index contributed by atoms with van der Waals surface area (Å²) in [5, 5.41) is 0.112. The smallest absolute Gasteiger partial charge is 0.410 e. The molecule has 0 aromatic carbocycles. The third-order valence-electron chi connectivity index (χ3n) is 6.94. The van der Waals surface area contributed by atoms with E-state index < -0.39 is 19.5 Å². The lowest BCUT2D eigenvalue weighted by Gasteiger charge is -2.38. The minimum atomic E-state index is -1.96. The van der Waals surface area contributed by atoms with Gasteiger partial charge in [0.05, 0.1) is 6.10 Å². The number of hydrogen-bond acceptors (Lipinski definition) is 5. The lowest BCUT2D eigenvalue weighted by atomic mass is 9.88. The van der Waals surface area contributed by atoms with Gasteiger partial charge in [0, 0.05) is 25.7 Å². The fourth-order valence-electron chi connectivity index (χ4n) is 4.28. The molecule has 2 amide bonds. The van der Waals surface area contributed by atoms with Crippen molar-refractivity contribution in [2.75, 3.05) is 19.6 Å². The third-order valence-corrected chi connectivity index (χ3v) is 11.5. The van der Waals surface area contributed by atoms with Gasteiger partial charge in [-0.2, -0.15) is 0 Å². The molecular weight excluding hydrogens is 436 g/mol. The van der Waals surface area contributed by atoms with Crippen molar-refractivity contribution in [3.8, 4) is 0 Å². The Balaban J connectivity index is 2.11. The number of likely N-dealkylation sites (tertiary alicyclic amines) is 2. The summed E-state index contributed by atoms with van der Waals surface area (Å²) < 4.78 is 18.0. The quantitative estimate of drug-likeness (QED) is 0.457. The zero-order valence-electron chi connectivity index (χ0n) is 22.9. The van der Waals surface area contributed by atoms with Gasteiger partial charge in [-0.25, -0.2) is 9.59 Å². The summed E-state index contributed by atoms with van der Waals surface area (Å²) in [6.45, 7) is 24.5. The van der Waals surface area contributed by atoms with E-state index in [2.05, 4.69) is 33.9 Å². The molecule has 2 saturated heterocycles. The van der Waals surface area contributed by atoms with E-state index in [1.807, 2.05) is 46.4 Å². The van der Waals surface area contributed by atoms with Gasteiger partial charge in [0.1, 0.15) is 11.2 Å². The van der Waals surface area contributed by atoms with Crippen molar-refractivity contribution in [3.05, 3.63) is 0 Å². The normalized spacial score (nSPS) is 23.6. The van der Waals surface area contributed by atoms with Gasteiger partial charge >= 0.3 is 12.2 Å². The molecule has 0 aliphatic carbocycles. The van der Waals surface area contributed by atoms with E-state index >= 15 is 0 Å². The summed E-state index contributed by atoms with van der Waals surface area (Å²) in [4.78, 5) is 29.3. The van der Waals surface area contributed by atoms with Crippen LogP contribution >= 0.6 is 0 Å². The summed E-state index contributed by atoms with van der Waals surface area (Å²) in [5.41, 5.74) is -1.04. The van der Waals surface area contributed by atoms with Crippen molar-refractivity contribution in [1.29, 1.82) is 0 Å². The molecular formula is C25H48N2O5Si. The average Bonchev–Trinajstić information content (AvgIpc) is 3.01. The Kier molecular flexibility index (Phi) is 8.27. The number of carbonyl (C=O) groups is 2. The molecule has 7 nitrogen and oxygen atoms in total. The Labute approximate surface area is 202 Å². The fraction of sp³-hybridized carbons (Fsp3) is 0.920. The predicted octanol–water partition coefficient (Wildman–Crippen LogP) is 6.03. The second-order valence-corrected chi connectivity index (χ2v) is 18.0. The first-order chi connectivity index (χ1) is 14.8. The van der Waals surface area contributed by atoms with Crippen molar-refractivity contribution in [3.63, 3.8) is 0 Å². The van der Waals surface area contributed by atoms with Crippen LogP contribution in [0, 0.1) is 5.92 Å². The Morgan fingerprint density at radius 1 is 0.818 bits per heavy atom. The molecule has 2 fully saturated rings. The molecule has 8 heteroatoms. The topological polar surface area (TPSA) is 68.3 Å². The van der Waals surface area contributed by atoms with Gasteiger partial charge < -0.3 is 23.7 Å². The highest BCUT2D eigenvalue weighted by molar-refractivity contribution is 6.74. The first kappa shape index (κ1) is 28.0. The number of piperidine rings is 1. The number of rotatable bonds is 3. The molecule has 0 spiro atoms. The van der Waals surface area contributed by atoms with E-state index in [0.29, 0.717) is 25.6 Å². The van der Waals surface area contributed by atoms with Crippen LogP contribution in [0.2, 0.25) is 18.1 Å². The lowest BCUT2D eigenvalue weighted by molar-refractivity contribution is 0.00398. The van der Waals surface area contributed by atoms with Crippen molar-refractivity contribution >= 4 is 20.5 Å². The van der Waals surface area contributed by atoms with Crippen LogP contribution < -0.4 is 0 Å². The summed E-state index contributed by atoms with van der Waals surface area (Å²) in [6, 6.07) is 0.0652. The van der Waals surface area contributed by atoms with E-state index in [1.165, 1.54) is 0 Å². The molecule has 2 aliphatic rings. The standard InChI is InChI=1S/C25H48N2O5Si/c1-23(2,3)30-21(28)26-14-12-18(13-15-26)20-16-19(32-33(10,11)25(7,8)9)17-27(20)22(29)31-24(4,5)6/h18-20H,12-17H2,1-11H3/t19-,20+/m1/s1. The van der Waals surface area contributed by atoms with E-state index in [1.54, 1.807) is 4.90 Å². The molecule has 2 atom stereocenters. The molecule has 0 N–H and O–H groups in total. The largest absolute Gasteiger partial charge is 0.444 e. The van der Waals surface area contributed by atoms with Gasteiger partial charge in [-0.15, -0.1) is 0 Å². The molecule has 2 aliphatic heterocycles. The summed E-state index contributed by atoms with van der Waals surface area (Å²) >= 11 is 0. The second kappa shape index (κ2) is 9.76. The van der Waals surface area contributed by atoms with Crippen molar-refractivity contribution < 1.29 is 23.5 Å². The molecule has 0 saturated carbocycles.